The van der Waals surface area contributed by atoms with E-state index in [1.807, 2.05) is 12.1 Å². The molecule has 178 valence electrons. The maximum atomic E-state index is 10.6. The highest BCUT2D eigenvalue weighted by atomic mass is 35.5. The molecule has 9 heteroatoms. The van der Waals surface area contributed by atoms with Crippen LogP contribution in [0.25, 0.3) is 0 Å². The monoisotopic (exact) mass is 503 g/mol. The van der Waals surface area contributed by atoms with E-state index < -0.39 is 5.91 Å². The van der Waals surface area contributed by atoms with Crippen molar-refractivity contribution in [2.45, 2.75) is 6.04 Å². The highest BCUT2D eigenvalue weighted by Gasteiger charge is 2.26. The SMILES string of the molecule is Cl.Cl.NC(=O)COCCOCCN1CCN(C(c2ccccc2)c2ccc(Cl)cc2)CC1. The average Bonchev–Trinajstić information content (AvgIpc) is 2.76. The molecule has 0 spiro atoms. The van der Waals surface area contributed by atoms with Crippen LogP contribution in [-0.2, 0) is 14.3 Å². The molecule has 2 aromatic rings. The fraction of sp³-hybridized carbons (Fsp3) is 0.435. The molecular formula is C23H32Cl3N3O3. The Morgan fingerprint density at radius 1 is 0.875 bits per heavy atom. The first kappa shape index (κ1) is 28.7. The van der Waals surface area contributed by atoms with E-state index in [-0.39, 0.29) is 37.5 Å². The minimum absolute atomic E-state index is 0. The number of primary amides is 1. The first-order chi connectivity index (χ1) is 14.6. The van der Waals surface area contributed by atoms with Crippen LogP contribution < -0.4 is 5.73 Å². The summed E-state index contributed by atoms with van der Waals surface area (Å²) in [6.45, 7) is 6.32. The summed E-state index contributed by atoms with van der Waals surface area (Å²) >= 11 is 6.11. The Balaban J connectivity index is 0.00000256. The number of amides is 1. The fourth-order valence-electron chi connectivity index (χ4n) is 3.73. The van der Waals surface area contributed by atoms with Crippen molar-refractivity contribution in [1.29, 1.82) is 0 Å². The van der Waals surface area contributed by atoms with Crippen molar-refractivity contribution < 1.29 is 14.3 Å². The van der Waals surface area contributed by atoms with Crippen molar-refractivity contribution in [2.24, 2.45) is 5.73 Å². The van der Waals surface area contributed by atoms with Crippen molar-refractivity contribution in [2.75, 3.05) is 59.2 Å². The van der Waals surface area contributed by atoms with Gasteiger partial charge in [-0.1, -0.05) is 54.1 Å². The van der Waals surface area contributed by atoms with E-state index in [0.717, 1.165) is 37.7 Å². The lowest BCUT2D eigenvalue weighted by molar-refractivity contribution is -0.123. The third kappa shape index (κ3) is 9.24. The number of halogens is 3. The van der Waals surface area contributed by atoms with E-state index in [0.29, 0.717) is 19.8 Å². The van der Waals surface area contributed by atoms with Gasteiger partial charge >= 0.3 is 0 Å². The molecule has 1 unspecified atom stereocenters. The Kier molecular flexibility index (Phi) is 13.8. The molecule has 0 aliphatic carbocycles. The van der Waals surface area contributed by atoms with Gasteiger partial charge in [0.25, 0.3) is 0 Å². The summed E-state index contributed by atoms with van der Waals surface area (Å²) in [5, 5.41) is 0.760. The van der Waals surface area contributed by atoms with E-state index in [2.05, 4.69) is 52.3 Å². The highest BCUT2D eigenvalue weighted by molar-refractivity contribution is 6.30. The molecule has 32 heavy (non-hydrogen) atoms. The summed E-state index contributed by atoms with van der Waals surface area (Å²) < 4.78 is 10.7. The topological polar surface area (TPSA) is 68.0 Å². The number of hydrogen-bond acceptors (Lipinski definition) is 5. The average molecular weight is 505 g/mol. The Hall–Kier alpha value is -1.38. The summed E-state index contributed by atoms with van der Waals surface area (Å²) in [4.78, 5) is 15.6. The first-order valence-corrected chi connectivity index (χ1v) is 10.7. The molecule has 1 saturated heterocycles. The van der Waals surface area contributed by atoms with Crippen LogP contribution >= 0.6 is 36.4 Å². The molecular weight excluding hydrogens is 473 g/mol. The Morgan fingerprint density at radius 3 is 2.09 bits per heavy atom. The van der Waals surface area contributed by atoms with Crippen LogP contribution in [0.2, 0.25) is 5.02 Å². The largest absolute Gasteiger partial charge is 0.378 e. The van der Waals surface area contributed by atoms with Gasteiger partial charge in [-0.25, -0.2) is 0 Å². The second kappa shape index (κ2) is 15.5. The molecule has 1 heterocycles. The molecule has 1 aliphatic rings. The van der Waals surface area contributed by atoms with Gasteiger partial charge in [-0.05, 0) is 23.3 Å². The molecule has 1 atom stereocenters. The van der Waals surface area contributed by atoms with Crippen LogP contribution in [0.1, 0.15) is 17.2 Å². The molecule has 2 N–H and O–H groups in total. The van der Waals surface area contributed by atoms with Gasteiger partial charge in [0.1, 0.15) is 6.61 Å². The second-order valence-corrected chi connectivity index (χ2v) is 7.81. The van der Waals surface area contributed by atoms with Crippen LogP contribution in [0.15, 0.2) is 54.6 Å². The van der Waals surface area contributed by atoms with Crippen molar-refractivity contribution >= 4 is 42.3 Å². The zero-order valence-electron chi connectivity index (χ0n) is 18.0. The number of ether oxygens (including phenoxy) is 2. The zero-order valence-corrected chi connectivity index (χ0v) is 20.4. The van der Waals surface area contributed by atoms with Crippen LogP contribution in [0.4, 0.5) is 0 Å². The Morgan fingerprint density at radius 2 is 1.47 bits per heavy atom. The molecule has 2 aromatic carbocycles. The van der Waals surface area contributed by atoms with Gasteiger partial charge in [0, 0.05) is 37.7 Å². The number of hydrogen-bond donors (Lipinski definition) is 1. The molecule has 0 bridgehead atoms. The third-order valence-electron chi connectivity index (χ3n) is 5.24. The molecule has 0 saturated carbocycles. The van der Waals surface area contributed by atoms with Crippen LogP contribution in [0.3, 0.4) is 0 Å². The molecule has 6 nitrogen and oxygen atoms in total. The summed E-state index contributed by atoms with van der Waals surface area (Å²) in [6.07, 6.45) is 0. The smallest absolute Gasteiger partial charge is 0.243 e. The van der Waals surface area contributed by atoms with E-state index in [9.17, 15) is 4.79 Å². The van der Waals surface area contributed by atoms with Gasteiger partial charge in [0.2, 0.25) is 5.91 Å². The maximum absolute atomic E-state index is 10.6. The molecule has 3 rings (SSSR count). The van der Waals surface area contributed by atoms with Crippen LogP contribution in [-0.4, -0.2) is 74.9 Å². The first-order valence-electron chi connectivity index (χ1n) is 10.3. The van der Waals surface area contributed by atoms with Crippen LogP contribution in [0.5, 0.6) is 0 Å². The van der Waals surface area contributed by atoms with Crippen molar-refractivity contribution in [3.63, 3.8) is 0 Å². The summed E-state index contributed by atoms with van der Waals surface area (Å²) in [5.41, 5.74) is 7.58. The summed E-state index contributed by atoms with van der Waals surface area (Å²) in [7, 11) is 0. The van der Waals surface area contributed by atoms with Gasteiger partial charge in [0.05, 0.1) is 25.9 Å². The number of benzene rings is 2. The quantitative estimate of drug-likeness (QED) is 0.475. The maximum Gasteiger partial charge on any atom is 0.243 e. The molecule has 1 fully saturated rings. The lowest BCUT2D eigenvalue weighted by atomic mass is 9.96. The lowest BCUT2D eigenvalue weighted by Crippen LogP contribution is -2.48. The summed E-state index contributed by atoms with van der Waals surface area (Å²) in [5.74, 6) is -0.458. The number of carbonyl (C=O) groups is 1. The van der Waals surface area contributed by atoms with Crippen molar-refractivity contribution in [3.05, 3.63) is 70.7 Å². The number of nitrogens with two attached hydrogens (primary N) is 1. The zero-order chi connectivity index (χ0) is 21.2. The van der Waals surface area contributed by atoms with E-state index in [1.165, 1.54) is 11.1 Å². The molecule has 0 radical (unpaired) electrons. The number of nitrogens with zero attached hydrogens (tertiary/aromatic N) is 2. The number of rotatable bonds is 11. The van der Waals surface area contributed by atoms with Gasteiger partial charge in [-0.2, -0.15) is 0 Å². The normalized spacial score (nSPS) is 15.4. The third-order valence-corrected chi connectivity index (χ3v) is 5.49. The van der Waals surface area contributed by atoms with Crippen LogP contribution in [0, 0.1) is 0 Å². The fourth-order valence-corrected chi connectivity index (χ4v) is 3.85. The predicted molar refractivity (Wildman–Crippen MR) is 133 cm³/mol. The van der Waals surface area contributed by atoms with Gasteiger partial charge in [-0.15, -0.1) is 24.8 Å². The Labute approximate surface area is 207 Å². The standard InChI is InChI=1S/C23H30ClN3O3.2ClH/c24-21-8-6-20(7-9-21)23(19-4-2-1-3-5-19)27-12-10-26(11-13-27)14-15-29-16-17-30-18-22(25)28;;/h1-9,23H,10-18H2,(H2,25,28);2*1H. The number of carbonyl (C=O) groups excluding carboxylic acids is 1. The lowest BCUT2D eigenvalue weighted by Gasteiger charge is -2.39. The van der Waals surface area contributed by atoms with Gasteiger partial charge < -0.3 is 15.2 Å². The predicted octanol–water partition coefficient (Wildman–Crippen LogP) is 3.41. The highest BCUT2D eigenvalue weighted by Crippen LogP contribution is 2.30. The molecule has 1 amide bonds. The van der Waals surface area contributed by atoms with Gasteiger partial charge in [0.15, 0.2) is 0 Å². The van der Waals surface area contributed by atoms with Gasteiger partial charge in [-0.3, -0.25) is 14.6 Å². The minimum atomic E-state index is -0.458. The van der Waals surface area contributed by atoms with E-state index in [1.54, 1.807) is 0 Å². The van der Waals surface area contributed by atoms with Crippen molar-refractivity contribution in [1.82, 2.24) is 9.80 Å². The van der Waals surface area contributed by atoms with Crippen molar-refractivity contribution in [3.8, 4) is 0 Å². The van der Waals surface area contributed by atoms with E-state index in [4.69, 9.17) is 26.8 Å². The minimum Gasteiger partial charge on any atom is -0.378 e. The molecule has 1 aliphatic heterocycles. The Bertz CT molecular complexity index is 773. The molecule has 0 aromatic heterocycles. The number of piperazine rings is 1. The van der Waals surface area contributed by atoms with E-state index >= 15 is 0 Å². The second-order valence-electron chi connectivity index (χ2n) is 7.37. The summed E-state index contributed by atoms with van der Waals surface area (Å²) in [6, 6.07) is 19.0.